The maximum atomic E-state index is 4.00. The molecule has 1 aromatic carbocycles. The van der Waals surface area contributed by atoms with E-state index in [4.69, 9.17) is 0 Å². The van der Waals surface area contributed by atoms with E-state index in [1.54, 1.807) is 0 Å². The van der Waals surface area contributed by atoms with Crippen molar-refractivity contribution in [1.29, 1.82) is 0 Å². The van der Waals surface area contributed by atoms with Crippen LogP contribution in [0.4, 0.5) is 0 Å². The van der Waals surface area contributed by atoms with Gasteiger partial charge >= 0.3 is 77.3 Å². The molecule has 0 unspecified atom stereocenters. The molecular formula is C9H8N2Se. The van der Waals surface area contributed by atoms with Gasteiger partial charge in [-0.25, -0.2) is 0 Å². The van der Waals surface area contributed by atoms with Crippen molar-refractivity contribution in [3.05, 3.63) is 49.1 Å². The zero-order valence-electron chi connectivity index (χ0n) is 6.42. The summed E-state index contributed by atoms with van der Waals surface area (Å²) in [4.78, 5) is 4.00. The van der Waals surface area contributed by atoms with Gasteiger partial charge in [0.05, 0.1) is 0 Å². The quantitative estimate of drug-likeness (QED) is 0.684. The summed E-state index contributed by atoms with van der Waals surface area (Å²) in [5.74, 6) is 0. The van der Waals surface area contributed by atoms with Crippen LogP contribution in [-0.4, -0.2) is 23.7 Å². The van der Waals surface area contributed by atoms with Crippen LogP contribution < -0.4 is 4.46 Å². The van der Waals surface area contributed by atoms with Gasteiger partial charge in [0, 0.05) is 0 Å². The van der Waals surface area contributed by atoms with E-state index in [0.717, 1.165) is 0 Å². The van der Waals surface area contributed by atoms with Gasteiger partial charge in [0.2, 0.25) is 0 Å². The fourth-order valence-electron chi connectivity index (χ4n) is 0.904. The van der Waals surface area contributed by atoms with Crippen molar-refractivity contribution in [2.75, 3.05) is 0 Å². The Morgan fingerprint density at radius 3 is 2.67 bits per heavy atom. The molecule has 0 spiro atoms. The van der Waals surface area contributed by atoms with Crippen LogP contribution in [0.3, 0.4) is 0 Å². The molecule has 0 aliphatic rings. The third-order valence-electron chi connectivity index (χ3n) is 1.43. The Labute approximate surface area is 77.6 Å². The third-order valence-corrected chi connectivity index (χ3v) is 3.34. The van der Waals surface area contributed by atoms with Crippen LogP contribution in [0.5, 0.6) is 0 Å². The molecule has 0 aliphatic heterocycles. The zero-order valence-corrected chi connectivity index (χ0v) is 8.13. The van der Waals surface area contributed by atoms with Crippen molar-refractivity contribution in [3.63, 3.8) is 0 Å². The molecule has 0 radical (unpaired) electrons. The fraction of sp³-hybridized carbons (Fsp3) is 0. The predicted molar refractivity (Wildman–Crippen MR) is 49.5 cm³/mol. The number of nitrogens with zero attached hydrogens (tertiary/aromatic N) is 2. The topological polar surface area (TPSA) is 17.8 Å². The molecule has 0 amide bonds. The van der Waals surface area contributed by atoms with Gasteiger partial charge in [-0.2, -0.15) is 0 Å². The van der Waals surface area contributed by atoms with Gasteiger partial charge in [-0.3, -0.25) is 0 Å². The summed E-state index contributed by atoms with van der Waals surface area (Å²) < 4.78 is 3.48. The van der Waals surface area contributed by atoms with Gasteiger partial charge in [-0.1, -0.05) is 0 Å². The third kappa shape index (κ3) is 1.76. The average Bonchev–Trinajstić information content (AvgIpc) is 2.59. The Balaban J connectivity index is 2.15. The van der Waals surface area contributed by atoms with Crippen LogP contribution in [0.25, 0.3) is 0 Å². The van der Waals surface area contributed by atoms with Crippen LogP contribution in [0, 0.1) is 0 Å². The van der Waals surface area contributed by atoms with E-state index in [1.807, 2.05) is 24.8 Å². The second-order valence-corrected chi connectivity index (χ2v) is 4.58. The van der Waals surface area contributed by atoms with E-state index in [-0.39, 0.29) is 0 Å². The molecule has 0 fully saturated rings. The number of aromatic nitrogens is 2. The van der Waals surface area contributed by atoms with Crippen molar-refractivity contribution in [2.24, 2.45) is 0 Å². The summed E-state index contributed by atoms with van der Waals surface area (Å²) in [5.41, 5.74) is 0. The first-order valence-electron chi connectivity index (χ1n) is 3.66. The first-order chi connectivity index (χ1) is 5.95. The van der Waals surface area contributed by atoms with Gasteiger partial charge in [-0.05, 0) is 0 Å². The monoisotopic (exact) mass is 224 g/mol. The molecule has 2 aromatic rings. The molecule has 0 N–H and O–H groups in total. The summed E-state index contributed by atoms with van der Waals surface area (Å²) >= 11 is 0.345. The van der Waals surface area contributed by atoms with E-state index in [1.165, 1.54) is 4.46 Å². The number of hydrogen-bond acceptors (Lipinski definition) is 1. The average molecular weight is 223 g/mol. The SMILES string of the molecule is c1ccc([Se]n2ccnc2)cc1. The van der Waals surface area contributed by atoms with E-state index in [9.17, 15) is 0 Å². The van der Waals surface area contributed by atoms with Crippen molar-refractivity contribution in [2.45, 2.75) is 0 Å². The molecule has 12 heavy (non-hydrogen) atoms. The first kappa shape index (κ1) is 7.59. The predicted octanol–water partition coefficient (Wildman–Crippen LogP) is 0.676. The second-order valence-electron chi connectivity index (χ2n) is 2.33. The van der Waals surface area contributed by atoms with Crippen LogP contribution in [-0.2, 0) is 0 Å². The van der Waals surface area contributed by atoms with Gasteiger partial charge < -0.3 is 0 Å². The van der Waals surface area contributed by atoms with Crippen LogP contribution in [0.1, 0.15) is 0 Å². The molecule has 2 nitrogen and oxygen atoms in total. The Morgan fingerprint density at radius 1 is 1.17 bits per heavy atom. The number of rotatable bonds is 2. The van der Waals surface area contributed by atoms with Crippen molar-refractivity contribution < 1.29 is 0 Å². The molecule has 0 aliphatic carbocycles. The van der Waals surface area contributed by atoms with Crippen LogP contribution in [0.2, 0.25) is 0 Å². The summed E-state index contributed by atoms with van der Waals surface area (Å²) in [6.07, 6.45) is 5.66. The Morgan fingerprint density at radius 2 is 2.00 bits per heavy atom. The molecule has 3 heteroatoms. The summed E-state index contributed by atoms with van der Waals surface area (Å²) in [7, 11) is 0. The zero-order chi connectivity index (χ0) is 8.23. The number of hydrogen-bond donors (Lipinski definition) is 0. The molecule has 1 aromatic heterocycles. The normalized spacial score (nSPS) is 10.0. The first-order valence-corrected chi connectivity index (χ1v) is 5.29. The van der Waals surface area contributed by atoms with E-state index < -0.39 is 0 Å². The minimum atomic E-state index is 0.345. The molecule has 60 valence electrons. The maximum absolute atomic E-state index is 4.00. The van der Waals surface area contributed by atoms with Gasteiger partial charge in [-0.15, -0.1) is 0 Å². The molecule has 2 rings (SSSR count). The van der Waals surface area contributed by atoms with Crippen molar-refractivity contribution in [1.82, 2.24) is 8.57 Å². The summed E-state index contributed by atoms with van der Waals surface area (Å²) in [6, 6.07) is 10.4. The second kappa shape index (κ2) is 3.57. The molecule has 0 atom stereocenters. The number of benzene rings is 1. The fourth-order valence-corrected chi connectivity index (χ4v) is 2.45. The number of imidazole rings is 1. The van der Waals surface area contributed by atoms with Crippen molar-refractivity contribution >= 4 is 19.6 Å². The Bertz CT molecular complexity index is 329. The van der Waals surface area contributed by atoms with E-state index >= 15 is 0 Å². The van der Waals surface area contributed by atoms with Gasteiger partial charge in [0.15, 0.2) is 0 Å². The van der Waals surface area contributed by atoms with Crippen LogP contribution in [0.15, 0.2) is 49.1 Å². The standard InChI is InChI=1S/C9H8N2Se/c1-2-4-9(5-3-1)12-11-7-6-10-8-11/h1-8H. The van der Waals surface area contributed by atoms with E-state index in [0.29, 0.717) is 15.2 Å². The van der Waals surface area contributed by atoms with Crippen LogP contribution >= 0.6 is 0 Å². The molecule has 1 heterocycles. The minimum absolute atomic E-state index is 0.345. The van der Waals surface area contributed by atoms with E-state index in [2.05, 4.69) is 32.8 Å². The van der Waals surface area contributed by atoms with Gasteiger partial charge in [0.1, 0.15) is 0 Å². The van der Waals surface area contributed by atoms with Gasteiger partial charge in [0.25, 0.3) is 0 Å². The molecule has 0 bridgehead atoms. The summed E-state index contributed by atoms with van der Waals surface area (Å²) in [5, 5.41) is 0. The Kier molecular flexibility index (Phi) is 2.26. The molecule has 0 saturated carbocycles. The molecule has 0 saturated heterocycles. The molecular weight excluding hydrogens is 215 g/mol. The Hall–Kier alpha value is -1.05. The summed E-state index contributed by atoms with van der Waals surface area (Å²) in [6.45, 7) is 0. The van der Waals surface area contributed by atoms with Crippen molar-refractivity contribution in [3.8, 4) is 0 Å².